The Morgan fingerprint density at radius 1 is 1.11 bits per heavy atom. The minimum absolute atomic E-state index is 0.207. The van der Waals surface area contributed by atoms with Crippen molar-refractivity contribution < 1.29 is 18.3 Å². The first kappa shape index (κ1) is 26.8. The van der Waals surface area contributed by atoms with E-state index in [2.05, 4.69) is 34.9 Å². The predicted octanol–water partition coefficient (Wildman–Crippen LogP) is 4.20. The Kier molecular flexibility index (Phi) is 8.38. The average molecular weight is 534 g/mol. The van der Waals surface area contributed by atoms with E-state index in [4.69, 9.17) is 9.72 Å². The van der Waals surface area contributed by atoms with Crippen LogP contribution in [0.15, 0.2) is 12.4 Å². The third kappa shape index (κ3) is 5.82. The molecule has 2 saturated heterocycles. The highest BCUT2D eigenvalue weighted by molar-refractivity contribution is 7.89. The number of sulfonamides is 1. The number of aliphatic hydroxyl groups excluding tert-OH is 1. The number of nitrogens with one attached hydrogen (secondary N) is 1. The fourth-order valence-corrected chi connectivity index (χ4v) is 8.32. The molecule has 3 fully saturated rings. The number of fused-ring (bicyclic) bond motifs is 1. The molecule has 2 aromatic heterocycles. The molecule has 3 aliphatic rings. The van der Waals surface area contributed by atoms with Crippen molar-refractivity contribution in [3.63, 3.8) is 0 Å². The van der Waals surface area contributed by atoms with Gasteiger partial charge in [0.15, 0.2) is 0 Å². The van der Waals surface area contributed by atoms with E-state index in [0.717, 1.165) is 62.4 Å². The summed E-state index contributed by atoms with van der Waals surface area (Å²) in [5, 5.41) is 14.3. The molecule has 5 rings (SSSR count). The minimum atomic E-state index is -3.28. The summed E-state index contributed by atoms with van der Waals surface area (Å²) < 4.78 is 35.9. The lowest BCUT2D eigenvalue weighted by atomic mass is 9.90. The number of piperidine rings is 1. The van der Waals surface area contributed by atoms with E-state index in [1.54, 1.807) is 4.31 Å². The molecule has 1 aliphatic carbocycles. The van der Waals surface area contributed by atoms with Gasteiger partial charge in [-0.2, -0.15) is 4.98 Å². The first-order chi connectivity index (χ1) is 17.9. The third-order valence-electron chi connectivity index (χ3n) is 8.60. The molecule has 206 valence electrons. The summed E-state index contributed by atoms with van der Waals surface area (Å²) in [4.78, 5) is 9.66. The highest BCUT2D eigenvalue weighted by Crippen LogP contribution is 2.39. The van der Waals surface area contributed by atoms with Crippen LogP contribution in [-0.4, -0.2) is 76.1 Å². The van der Waals surface area contributed by atoms with E-state index in [1.807, 2.05) is 6.20 Å². The maximum atomic E-state index is 13.2. The van der Waals surface area contributed by atoms with Crippen LogP contribution in [0, 0.1) is 0 Å². The van der Waals surface area contributed by atoms with Crippen LogP contribution in [0.1, 0.15) is 95.6 Å². The SMILES string of the molecule is CCC[C@H](C)Nc1ncc2c(C3CCN(S(=O)(=O)C4CCOCC4)CC3)cn([C@H]3CC[C@H](O)CC3)c2n1. The predicted molar refractivity (Wildman–Crippen MR) is 145 cm³/mol. The first-order valence-electron chi connectivity index (χ1n) is 14.3. The Morgan fingerprint density at radius 2 is 1.81 bits per heavy atom. The van der Waals surface area contributed by atoms with Gasteiger partial charge in [-0.25, -0.2) is 17.7 Å². The Morgan fingerprint density at radius 3 is 2.49 bits per heavy atom. The van der Waals surface area contributed by atoms with Crippen molar-refractivity contribution in [3.8, 4) is 0 Å². The van der Waals surface area contributed by atoms with Crippen LogP contribution in [0.2, 0.25) is 0 Å². The zero-order valence-corrected chi connectivity index (χ0v) is 23.1. The summed E-state index contributed by atoms with van der Waals surface area (Å²) in [7, 11) is -3.28. The summed E-state index contributed by atoms with van der Waals surface area (Å²) in [5.74, 6) is 0.938. The molecule has 0 radical (unpaired) electrons. The molecular weight excluding hydrogens is 490 g/mol. The molecule has 9 nitrogen and oxygen atoms in total. The summed E-state index contributed by atoms with van der Waals surface area (Å²) in [6.07, 6.45) is 12.5. The van der Waals surface area contributed by atoms with Gasteiger partial charge in [-0.05, 0) is 76.2 Å². The summed E-state index contributed by atoms with van der Waals surface area (Å²) in [6, 6.07) is 0.613. The van der Waals surface area contributed by atoms with Crippen LogP contribution in [0.25, 0.3) is 11.0 Å². The number of rotatable bonds is 8. The number of hydrogen-bond acceptors (Lipinski definition) is 7. The quantitative estimate of drug-likeness (QED) is 0.523. The van der Waals surface area contributed by atoms with E-state index in [9.17, 15) is 13.5 Å². The number of ether oxygens (including phenoxy) is 1. The highest BCUT2D eigenvalue weighted by atomic mass is 32.2. The second-order valence-electron chi connectivity index (χ2n) is 11.2. The first-order valence-corrected chi connectivity index (χ1v) is 15.8. The normalized spacial score (nSPS) is 25.9. The van der Waals surface area contributed by atoms with Crippen LogP contribution in [0.3, 0.4) is 0 Å². The van der Waals surface area contributed by atoms with Crippen molar-refractivity contribution in [1.29, 1.82) is 0 Å². The van der Waals surface area contributed by atoms with E-state index in [0.29, 0.717) is 57.2 Å². The second kappa shape index (κ2) is 11.6. The largest absolute Gasteiger partial charge is 0.393 e. The number of hydrogen-bond donors (Lipinski definition) is 2. The molecule has 4 heterocycles. The van der Waals surface area contributed by atoms with Crippen LogP contribution in [0.5, 0.6) is 0 Å². The molecule has 0 aromatic carbocycles. The third-order valence-corrected chi connectivity index (χ3v) is 11.0. The van der Waals surface area contributed by atoms with Crippen molar-refractivity contribution in [2.75, 3.05) is 31.6 Å². The molecule has 2 aliphatic heterocycles. The molecule has 1 saturated carbocycles. The van der Waals surface area contributed by atoms with Crippen LogP contribution >= 0.6 is 0 Å². The molecule has 0 bridgehead atoms. The van der Waals surface area contributed by atoms with Crippen LogP contribution in [-0.2, 0) is 14.8 Å². The fraction of sp³-hybridized carbons (Fsp3) is 0.778. The van der Waals surface area contributed by atoms with E-state index < -0.39 is 10.0 Å². The minimum Gasteiger partial charge on any atom is -0.393 e. The van der Waals surface area contributed by atoms with Gasteiger partial charge < -0.3 is 19.7 Å². The Bertz CT molecular complexity index is 1150. The lowest BCUT2D eigenvalue weighted by Crippen LogP contribution is -2.44. The zero-order valence-electron chi connectivity index (χ0n) is 22.3. The van der Waals surface area contributed by atoms with E-state index in [-0.39, 0.29) is 17.3 Å². The van der Waals surface area contributed by atoms with Gasteiger partial charge in [0.25, 0.3) is 0 Å². The molecule has 2 N–H and O–H groups in total. The topological polar surface area (TPSA) is 110 Å². The summed E-state index contributed by atoms with van der Waals surface area (Å²) in [6.45, 7) is 6.52. The van der Waals surface area contributed by atoms with E-state index >= 15 is 0 Å². The molecular formula is C27H43N5O4S. The van der Waals surface area contributed by atoms with Crippen molar-refractivity contribution in [3.05, 3.63) is 18.0 Å². The summed E-state index contributed by atoms with van der Waals surface area (Å²) in [5.41, 5.74) is 2.19. The second-order valence-corrected chi connectivity index (χ2v) is 13.5. The fourth-order valence-electron chi connectivity index (χ4n) is 6.39. The number of aromatic nitrogens is 3. The zero-order chi connectivity index (χ0) is 26.0. The van der Waals surface area contributed by atoms with Gasteiger partial charge in [-0.15, -0.1) is 0 Å². The summed E-state index contributed by atoms with van der Waals surface area (Å²) >= 11 is 0. The van der Waals surface area contributed by atoms with Crippen LogP contribution in [0.4, 0.5) is 5.95 Å². The highest BCUT2D eigenvalue weighted by Gasteiger charge is 2.36. The van der Waals surface area contributed by atoms with Gasteiger partial charge in [-0.1, -0.05) is 13.3 Å². The molecule has 0 amide bonds. The lowest BCUT2D eigenvalue weighted by Gasteiger charge is -2.34. The molecule has 10 heteroatoms. The number of nitrogens with zero attached hydrogens (tertiary/aromatic N) is 4. The number of anilines is 1. The van der Waals surface area contributed by atoms with Crippen molar-refractivity contribution >= 4 is 27.0 Å². The van der Waals surface area contributed by atoms with Crippen LogP contribution < -0.4 is 5.32 Å². The number of aliphatic hydroxyl groups is 1. The Balaban J connectivity index is 1.38. The van der Waals surface area contributed by atoms with Crippen molar-refractivity contribution in [1.82, 2.24) is 18.8 Å². The standard InChI is InChI=1S/C27H43N5O4S/c1-3-4-19(2)29-27-28-17-24-25(18-32(26(24)30-27)21-5-7-22(33)8-6-21)20-9-13-31(14-10-20)37(34,35)23-11-15-36-16-12-23/h17-23,33H,3-16H2,1-2H3,(H,28,29,30)/t19-,21-,22-/m0/s1. The lowest BCUT2D eigenvalue weighted by molar-refractivity contribution is 0.0969. The smallest absolute Gasteiger partial charge is 0.224 e. The molecule has 0 unspecified atom stereocenters. The Labute approximate surface area is 221 Å². The van der Waals surface area contributed by atoms with Crippen molar-refractivity contribution in [2.45, 2.75) is 107 Å². The molecule has 0 spiro atoms. The van der Waals surface area contributed by atoms with Gasteiger partial charge in [0, 0.05) is 56.2 Å². The average Bonchev–Trinajstić information content (AvgIpc) is 3.28. The van der Waals surface area contributed by atoms with Crippen molar-refractivity contribution in [2.24, 2.45) is 0 Å². The van der Waals surface area contributed by atoms with Gasteiger partial charge >= 0.3 is 0 Å². The van der Waals surface area contributed by atoms with Gasteiger partial charge in [0.1, 0.15) is 5.65 Å². The maximum Gasteiger partial charge on any atom is 0.224 e. The molecule has 1 atom stereocenters. The van der Waals surface area contributed by atoms with E-state index in [1.165, 1.54) is 5.56 Å². The van der Waals surface area contributed by atoms with Gasteiger partial charge in [-0.3, -0.25) is 0 Å². The maximum absolute atomic E-state index is 13.2. The van der Waals surface area contributed by atoms with Gasteiger partial charge in [0.05, 0.1) is 11.4 Å². The monoisotopic (exact) mass is 533 g/mol. The van der Waals surface area contributed by atoms with Gasteiger partial charge in [0.2, 0.25) is 16.0 Å². The molecule has 37 heavy (non-hydrogen) atoms. The Hall–Kier alpha value is -1.75. The molecule has 2 aromatic rings.